The van der Waals surface area contributed by atoms with Gasteiger partial charge in [-0.3, -0.25) is 14.5 Å². The molecule has 2 N–H and O–H groups in total. The van der Waals surface area contributed by atoms with Crippen molar-refractivity contribution in [2.45, 2.75) is 32.2 Å². The molecule has 2 heterocycles. The van der Waals surface area contributed by atoms with Gasteiger partial charge in [0.1, 0.15) is 11.3 Å². The lowest BCUT2D eigenvalue weighted by Gasteiger charge is -2.21. The third-order valence-electron chi connectivity index (χ3n) is 5.89. The van der Waals surface area contributed by atoms with Gasteiger partial charge in [0, 0.05) is 22.2 Å². The summed E-state index contributed by atoms with van der Waals surface area (Å²) in [7, 11) is 1.61. The van der Waals surface area contributed by atoms with Crippen LogP contribution in [0, 0.1) is 6.92 Å². The van der Waals surface area contributed by atoms with Crippen molar-refractivity contribution < 1.29 is 19.1 Å². The maximum absolute atomic E-state index is 13.1. The van der Waals surface area contributed by atoms with Crippen LogP contribution in [0.3, 0.4) is 0 Å². The van der Waals surface area contributed by atoms with E-state index >= 15 is 0 Å². The van der Waals surface area contributed by atoms with Crippen LogP contribution in [0.25, 0.3) is 10.9 Å². The van der Waals surface area contributed by atoms with Gasteiger partial charge in [0.25, 0.3) is 5.91 Å². The number of ketones is 1. The Morgan fingerprint density at radius 2 is 1.81 bits per heavy atom. The maximum atomic E-state index is 13.1. The third kappa shape index (κ3) is 3.79. The van der Waals surface area contributed by atoms with Crippen LogP contribution in [0.4, 0.5) is 4.79 Å². The Labute approximate surface area is 180 Å². The predicted molar refractivity (Wildman–Crippen MR) is 117 cm³/mol. The van der Waals surface area contributed by atoms with E-state index < -0.39 is 11.6 Å². The molecule has 1 saturated heterocycles. The molecule has 1 aromatic heterocycles. The molecule has 2 aromatic carbocycles. The van der Waals surface area contributed by atoms with Gasteiger partial charge in [-0.2, -0.15) is 0 Å². The van der Waals surface area contributed by atoms with Crippen molar-refractivity contribution in [1.82, 2.24) is 15.2 Å². The molecule has 0 saturated carbocycles. The number of amides is 3. The average Bonchev–Trinajstić information content (AvgIpc) is 3.21. The van der Waals surface area contributed by atoms with E-state index in [9.17, 15) is 14.4 Å². The molecule has 0 unspecified atom stereocenters. The minimum Gasteiger partial charge on any atom is -0.497 e. The number of aromatic nitrogens is 1. The Morgan fingerprint density at radius 3 is 2.52 bits per heavy atom. The zero-order valence-corrected chi connectivity index (χ0v) is 17.8. The molecule has 160 valence electrons. The number of hydrogen-bond donors (Lipinski definition) is 2. The van der Waals surface area contributed by atoms with E-state index in [1.165, 1.54) is 0 Å². The Bertz CT molecular complexity index is 1170. The van der Waals surface area contributed by atoms with E-state index in [1.54, 1.807) is 14.0 Å². The number of rotatable bonds is 7. The maximum Gasteiger partial charge on any atom is 0.325 e. The second kappa shape index (κ2) is 7.91. The summed E-state index contributed by atoms with van der Waals surface area (Å²) in [5.41, 5.74) is 2.08. The van der Waals surface area contributed by atoms with Gasteiger partial charge in [0.05, 0.1) is 13.7 Å². The van der Waals surface area contributed by atoms with E-state index in [0.29, 0.717) is 18.4 Å². The number of H-pyrrole nitrogens is 1. The number of benzene rings is 2. The minimum atomic E-state index is -1.05. The van der Waals surface area contributed by atoms with E-state index in [2.05, 4.69) is 10.3 Å². The Hall–Kier alpha value is -3.61. The fourth-order valence-corrected chi connectivity index (χ4v) is 4.11. The molecule has 1 fully saturated rings. The van der Waals surface area contributed by atoms with Gasteiger partial charge in [0.2, 0.25) is 0 Å². The van der Waals surface area contributed by atoms with Crippen molar-refractivity contribution in [2.24, 2.45) is 0 Å². The van der Waals surface area contributed by atoms with Gasteiger partial charge in [-0.1, -0.05) is 30.3 Å². The smallest absolute Gasteiger partial charge is 0.325 e. The highest BCUT2D eigenvalue weighted by atomic mass is 16.5. The second-order valence-electron chi connectivity index (χ2n) is 8.10. The lowest BCUT2D eigenvalue weighted by Crippen LogP contribution is -2.44. The van der Waals surface area contributed by atoms with Crippen molar-refractivity contribution in [3.8, 4) is 5.75 Å². The van der Waals surface area contributed by atoms with Gasteiger partial charge in [-0.05, 0) is 50.5 Å². The molecular formula is C24H25N3O4. The summed E-state index contributed by atoms with van der Waals surface area (Å²) >= 11 is 0. The summed E-state index contributed by atoms with van der Waals surface area (Å²) in [5, 5.41) is 3.57. The Morgan fingerprint density at radius 1 is 1.10 bits per heavy atom. The molecule has 31 heavy (non-hydrogen) atoms. The summed E-state index contributed by atoms with van der Waals surface area (Å²) in [4.78, 5) is 42.9. The lowest BCUT2D eigenvalue weighted by molar-refractivity contribution is -0.130. The van der Waals surface area contributed by atoms with Gasteiger partial charge in [0.15, 0.2) is 5.78 Å². The predicted octanol–water partition coefficient (Wildman–Crippen LogP) is 3.61. The first-order valence-corrected chi connectivity index (χ1v) is 10.2. The molecule has 3 aromatic rings. The monoisotopic (exact) mass is 419 g/mol. The number of aromatic amines is 1. The fraction of sp³-hybridized carbons (Fsp3) is 0.292. The number of ether oxygens (including phenoxy) is 1. The van der Waals surface area contributed by atoms with E-state index in [1.807, 2.05) is 55.5 Å². The Balaban J connectivity index is 1.48. The normalized spacial score (nSPS) is 18.5. The number of hydrogen-bond acceptors (Lipinski definition) is 4. The molecule has 1 aliphatic heterocycles. The molecule has 0 spiro atoms. The molecule has 0 aliphatic carbocycles. The minimum absolute atomic E-state index is 0.266. The average molecular weight is 419 g/mol. The molecule has 0 radical (unpaired) electrons. The summed E-state index contributed by atoms with van der Waals surface area (Å²) in [6.07, 6.45) is 1.04. The van der Waals surface area contributed by atoms with Crippen molar-refractivity contribution in [3.63, 3.8) is 0 Å². The Kier molecular flexibility index (Phi) is 5.27. The highest BCUT2D eigenvalue weighted by Crippen LogP contribution is 2.26. The number of imide groups is 1. The number of nitrogens with zero attached hydrogens (tertiary/aromatic N) is 1. The number of aryl methyl sites for hydroxylation is 2. The first-order valence-electron chi connectivity index (χ1n) is 10.2. The van der Waals surface area contributed by atoms with E-state index in [0.717, 1.165) is 32.8 Å². The number of carbonyl (C=O) groups excluding carboxylic acids is 3. The van der Waals surface area contributed by atoms with Crippen LogP contribution in [0.5, 0.6) is 5.75 Å². The van der Waals surface area contributed by atoms with Crippen LogP contribution in [0.1, 0.15) is 35.0 Å². The second-order valence-corrected chi connectivity index (χ2v) is 8.10. The zero-order valence-electron chi connectivity index (χ0n) is 17.8. The van der Waals surface area contributed by atoms with E-state index in [4.69, 9.17) is 4.74 Å². The van der Waals surface area contributed by atoms with E-state index in [-0.39, 0.29) is 18.2 Å². The molecule has 7 nitrogen and oxygen atoms in total. The van der Waals surface area contributed by atoms with Crippen LogP contribution < -0.4 is 10.1 Å². The van der Waals surface area contributed by atoms with Crippen LogP contribution >= 0.6 is 0 Å². The van der Waals surface area contributed by atoms with Crippen molar-refractivity contribution in [3.05, 3.63) is 65.4 Å². The molecule has 0 bridgehead atoms. The summed E-state index contributed by atoms with van der Waals surface area (Å²) in [6.45, 7) is 3.24. The quantitative estimate of drug-likeness (QED) is 0.452. The van der Waals surface area contributed by atoms with Gasteiger partial charge in [-0.25, -0.2) is 4.79 Å². The topological polar surface area (TPSA) is 91.5 Å². The van der Waals surface area contributed by atoms with Gasteiger partial charge < -0.3 is 15.0 Å². The highest BCUT2D eigenvalue weighted by Gasteiger charge is 2.48. The largest absolute Gasteiger partial charge is 0.497 e. The number of para-hydroxylation sites is 1. The molecule has 7 heteroatoms. The number of fused-ring (bicyclic) bond motifs is 1. The third-order valence-corrected chi connectivity index (χ3v) is 5.89. The molecule has 1 atom stereocenters. The van der Waals surface area contributed by atoms with Crippen molar-refractivity contribution in [1.29, 1.82) is 0 Å². The van der Waals surface area contributed by atoms with Gasteiger partial charge in [-0.15, -0.1) is 0 Å². The van der Waals surface area contributed by atoms with Crippen LogP contribution in [0.2, 0.25) is 0 Å². The fourth-order valence-electron chi connectivity index (χ4n) is 4.11. The number of carbonyl (C=O) groups is 3. The number of Topliss-reactive ketones (excluding diaryl/α,β-unsaturated/α-hetero) is 1. The zero-order chi connectivity index (χ0) is 22.2. The van der Waals surface area contributed by atoms with Crippen molar-refractivity contribution >= 4 is 28.6 Å². The van der Waals surface area contributed by atoms with Crippen LogP contribution in [-0.2, 0) is 11.2 Å². The SMILES string of the molecule is COc1ccc(CC[C@@]2(C)NC(=O)N(CC(=O)c3c(C)[nH]c4ccccc34)C2=O)cc1. The number of methoxy groups -OCH3 is 1. The highest BCUT2D eigenvalue weighted by molar-refractivity contribution is 6.15. The first kappa shape index (κ1) is 20.7. The molecule has 3 amide bonds. The summed E-state index contributed by atoms with van der Waals surface area (Å²) in [5.74, 6) is 0.118. The van der Waals surface area contributed by atoms with Crippen LogP contribution in [-0.4, -0.2) is 46.8 Å². The first-order chi connectivity index (χ1) is 14.8. The summed E-state index contributed by atoms with van der Waals surface area (Å²) in [6, 6.07) is 14.6. The number of urea groups is 1. The molecular weight excluding hydrogens is 394 g/mol. The van der Waals surface area contributed by atoms with Crippen LogP contribution in [0.15, 0.2) is 48.5 Å². The van der Waals surface area contributed by atoms with Crippen molar-refractivity contribution in [2.75, 3.05) is 13.7 Å². The number of nitrogens with one attached hydrogen (secondary N) is 2. The standard InChI is InChI=1S/C24H25N3O4/c1-15-21(18-6-4-5-7-19(18)25-15)20(28)14-27-22(29)24(2,26-23(27)30)13-12-16-8-10-17(31-3)11-9-16/h4-11,25H,12-14H2,1-3H3,(H,26,30)/t24-/m1/s1. The lowest BCUT2D eigenvalue weighted by atomic mass is 9.93. The molecule has 4 rings (SSSR count). The van der Waals surface area contributed by atoms with Gasteiger partial charge >= 0.3 is 6.03 Å². The molecule has 1 aliphatic rings. The summed E-state index contributed by atoms with van der Waals surface area (Å²) < 4.78 is 5.16.